The highest BCUT2D eigenvalue weighted by Gasteiger charge is 2.21. The van der Waals surface area contributed by atoms with E-state index in [0.717, 1.165) is 26.2 Å². The Morgan fingerprint density at radius 2 is 1.67 bits per heavy atom. The van der Waals surface area contributed by atoms with Gasteiger partial charge in [0.15, 0.2) is 0 Å². The SMILES string of the molecule is CCC(=O)N1CCN(c2c(C)cccc2C)CC1. The molecule has 1 saturated heterocycles. The Kier molecular flexibility index (Phi) is 3.90. The van der Waals surface area contributed by atoms with Crippen LogP contribution in [-0.4, -0.2) is 37.0 Å². The van der Waals surface area contributed by atoms with Crippen molar-refractivity contribution in [3.63, 3.8) is 0 Å². The van der Waals surface area contributed by atoms with Crippen molar-refractivity contribution >= 4 is 11.6 Å². The Hall–Kier alpha value is -1.51. The predicted molar refractivity (Wildman–Crippen MR) is 75.0 cm³/mol. The first-order chi connectivity index (χ1) is 8.63. The summed E-state index contributed by atoms with van der Waals surface area (Å²) in [5.41, 5.74) is 4.00. The summed E-state index contributed by atoms with van der Waals surface area (Å²) in [5, 5.41) is 0. The van der Waals surface area contributed by atoms with Crippen LogP contribution in [0.1, 0.15) is 24.5 Å². The van der Waals surface area contributed by atoms with Gasteiger partial charge >= 0.3 is 0 Å². The summed E-state index contributed by atoms with van der Waals surface area (Å²) in [5.74, 6) is 0.274. The van der Waals surface area contributed by atoms with Gasteiger partial charge in [0.2, 0.25) is 5.91 Å². The van der Waals surface area contributed by atoms with Gasteiger partial charge in [-0.15, -0.1) is 0 Å². The Labute approximate surface area is 109 Å². The standard InChI is InChI=1S/C15H22N2O/c1-4-14(18)16-8-10-17(11-9-16)15-12(2)6-5-7-13(15)3/h5-7H,4,8-11H2,1-3H3. The Balaban J connectivity index is 2.08. The molecule has 1 heterocycles. The number of carbonyl (C=O) groups excluding carboxylic acids is 1. The maximum Gasteiger partial charge on any atom is 0.222 e. The number of anilines is 1. The van der Waals surface area contributed by atoms with Gasteiger partial charge in [-0.25, -0.2) is 0 Å². The maximum atomic E-state index is 11.7. The van der Waals surface area contributed by atoms with Gasteiger partial charge in [0.25, 0.3) is 0 Å². The highest BCUT2D eigenvalue weighted by molar-refractivity contribution is 5.76. The monoisotopic (exact) mass is 246 g/mol. The second-order valence-corrected chi connectivity index (χ2v) is 4.96. The van der Waals surface area contributed by atoms with E-state index in [1.165, 1.54) is 16.8 Å². The van der Waals surface area contributed by atoms with Crippen molar-refractivity contribution in [3.05, 3.63) is 29.3 Å². The van der Waals surface area contributed by atoms with Gasteiger partial charge < -0.3 is 9.80 Å². The van der Waals surface area contributed by atoms with Crippen LogP contribution in [0.15, 0.2) is 18.2 Å². The molecule has 0 aromatic heterocycles. The molecular formula is C15H22N2O. The van der Waals surface area contributed by atoms with Gasteiger partial charge in [0.1, 0.15) is 0 Å². The number of piperazine rings is 1. The van der Waals surface area contributed by atoms with Crippen LogP contribution in [0, 0.1) is 13.8 Å². The first-order valence-electron chi connectivity index (χ1n) is 6.72. The third-order valence-corrected chi connectivity index (χ3v) is 3.69. The number of aryl methyl sites for hydroxylation is 2. The van der Waals surface area contributed by atoms with Crippen LogP contribution in [0.25, 0.3) is 0 Å². The van der Waals surface area contributed by atoms with Crippen LogP contribution in [-0.2, 0) is 4.79 Å². The lowest BCUT2D eigenvalue weighted by Crippen LogP contribution is -2.49. The van der Waals surface area contributed by atoms with Gasteiger partial charge in [-0.1, -0.05) is 25.1 Å². The molecule has 0 saturated carbocycles. The second-order valence-electron chi connectivity index (χ2n) is 4.96. The average molecular weight is 246 g/mol. The van der Waals surface area contributed by atoms with E-state index in [1.54, 1.807) is 0 Å². The van der Waals surface area contributed by atoms with Crippen molar-refractivity contribution in [2.45, 2.75) is 27.2 Å². The first kappa shape index (κ1) is 12.9. The van der Waals surface area contributed by atoms with E-state index in [4.69, 9.17) is 0 Å². The smallest absolute Gasteiger partial charge is 0.222 e. The number of nitrogens with zero attached hydrogens (tertiary/aromatic N) is 2. The molecule has 1 aliphatic heterocycles. The lowest BCUT2D eigenvalue weighted by atomic mass is 10.1. The van der Waals surface area contributed by atoms with E-state index < -0.39 is 0 Å². The molecule has 0 radical (unpaired) electrons. The predicted octanol–water partition coefficient (Wildman–Crippen LogP) is 2.36. The number of amides is 1. The van der Waals surface area contributed by atoms with Crippen LogP contribution in [0.5, 0.6) is 0 Å². The van der Waals surface area contributed by atoms with E-state index in [2.05, 4.69) is 36.9 Å². The molecule has 98 valence electrons. The quantitative estimate of drug-likeness (QED) is 0.800. The first-order valence-corrected chi connectivity index (χ1v) is 6.72. The van der Waals surface area contributed by atoms with Crippen LogP contribution >= 0.6 is 0 Å². The number of para-hydroxylation sites is 1. The van der Waals surface area contributed by atoms with Crippen molar-refractivity contribution in [1.82, 2.24) is 4.90 Å². The molecule has 0 atom stereocenters. The highest BCUT2D eigenvalue weighted by Crippen LogP contribution is 2.25. The number of hydrogen-bond donors (Lipinski definition) is 0. The van der Waals surface area contributed by atoms with E-state index in [0.29, 0.717) is 6.42 Å². The molecule has 18 heavy (non-hydrogen) atoms. The molecule has 0 spiro atoms. The third kappa shape index (κ3) is 2.50. The van der Waals surface area contributed by atoms with E-state index in [-0.39, 0.29) is 5.91 Å². The summed E-state index contributed by atoms with van der Waals surface area (Å²) in [6.07, 6.45) is 0.614. The van der Waals surface area contributed by atoms with Gasteiger partial charge in [-0.05, 0) is 25.0 Å². The Morgan fingerprint density at radius 1 is 1.11 bits per heavy atom. The minimum atomic E-state index is 0.274. The molecule has 0 N–H and O–H groups in total. The summed E-state index contributed by atoms with van der Waals surface area (Å²) in [4.78, 5) is 16.0. The molecule has 1 aromatic rings. The molecule has 3 nitrogen and oxygen atoms in total. The van der Waals surface area contributed by atoms with E-state index in [1.807, 2.05) is 11.8 Å². The normalized spacial score (nSPS) is 15.9. The maximum absolute atomic E-state index is 11.7. The van der Waals surface area contributed by atoms with Crippen LogP contribution < -0.4 is 4.90 Å². The Morgan fingerprint density at radius 3 is 2.17 bits per heavy atom. The third-order valence-electron chi connectivity index (χ3n) is 3.69. The average Bonchev–Trinajstić information content (AvgIpc) is 2.38. The zero-order valence-corrected chi connectivity index (χ0v) is 11.6. The van der Waals surface area contributed by atoms with Crippen molar-refractivity contribution < 1.29 is 4.79 Å². The molecule has 1 amide bonds. The number of benzene rings is 1. The fraction of sp³-hybridized carbons (Fsp3) is 0.533. The summed E-state index contributed by atoms with van der Waals surface area (Å²) in [7, 11) is 0. The van der Waals surface area contributed by atoms with Crippen molar-refractivity contribution in [2.75, 3.05) is 31.1 Å². The van der Waals surface area contributed by atoms with Gasteiger partial charge in [0, 0.05) is 38.3 Å². The lowest BCUT2D eigenvalue weighted by molar-refractivity contribution is -0.131. The fourth-order valence-corrected chi connectivity index (χ4v) is 2.71. The summed E-state index contributed by atoms with van der Waals surface area (Å²) in [6.45, 7) is 9.83. The molecule has 1 aromatic carbocycles. The molecule has 0 unspecified atom stereocenters. The Bertz CT molecular complexity index is 414. The molecule has 3 heteroatoms. The molecule has 1 fully saturated rings. The summed E-state index contributed by atoms with van der Waals surface area (Å²) < 4.78 is 0. The van der Waals surface area contributed by atoms with Gasteiger partial charge in [-0.2, -0.15) is 0 Å². The number of hydrogen-bond acceptors (Lipinski definition) is 2. The van der Waals surface area contributed by atoms with Gasteiger partial charge in [0.05, 0.1) is 0 Å². The van der Waals surface area contributed by atoms with Crippen molar-refractivity contribution in [3.8, 4) is 0 Å². The summed E-state index contributed by atoms with van der Waals surface area (Å²) in [6, 6.07) is 6.42. The highest BCUT2D eigenvalue weighted by atomic mass is 16.2. The van der Waals surface area contributed by atoms with E-state index >= 15 is 0 Å². The zero-order valence-electron chi connectivity index (χ0n) is 11.6. The number of rotatable bonds is 2. The molecule has 2 rings (SSSR count). The van der Waals surface area contributed by atoms with Crippen molar-refractivity contribution in [2.24, 2.45) is 0 Å². The second kappa shape index (κ2) is 5.42. The van der Waals surface area contributed by atoms with Crippen LogP contribution in [0.3, 0.4) is 0 Å². The van der Waals surface area contributed by atoms with Gasteiger partial charge in [-0.3, -0.25) is 4.79 Å². The van der Waals surface area contributed by atoms with Crippen molar-refractivity contribution in [1.29, 1.82) is 0 Å². The summed E-state index contributed by atoms with van der Waals surface area (Å²) >= 11 is 0. The molecule has 1 aliphatic rings. The zero-order chi connectivity index (χ0) is 13.1. The molecule has 0 bridgehead atoms. The largest absolute Gasteiger partial charge is 0.368 e. The fourth-order valence-electron chi connectivity index (χ4n) is 2.71. The number of carbonyl (C=O) groups is 1. The molecule has 0 aliphatic carbocycles. The lowest BCUT2D eigenvalue weighted by Gasteiger charge is -2.37. The van der Waals surface area contributed by atoms with E-state index in [9.17, 15) is 4.79 Å². The topological polar surface area (TPSA) is 23.6 Å². The van der Waals surface area contributed by atoms with Crippen LogP contribution in [0.4, 0.5) is 5.69 Å². The van der Waals surface area contributed by atoms with Crippen LogP contribution in [0.2, 0.25) is 0 Å². The minimum Gasteiger partial charge on any atom is -0.368 e. The minimum absolute atomic E-state index is 0.274. The molecular weight excluding hydrogens is 224 g/mol.